The fourth-order valence-electron chi connectivity index (χ4n) is 3.73. The van der Waals surface area contributed by atoms with Crippen molar-refractivity contribution >= 4 is 5.91 Å². The van der Waals surface area contributed by atoms with Crippen LogP contribution in [0, 0.1) is 0 Å². The summed E-state index contributed by atoms with van der Waals surface area (Å²) in [7, 11) is 3.10. The van der Waals surface area contributed by atoms with Crippen LogP contribution in [0.5, 0.6) is 17.2 Å². The Labute approximate surface area is 160 Å². The molecule has 1 atom stereocenters. The fourth-order valence-corrected chi connectivity index (χ4v) is 3.73. The molecule has 0 aromatic heterocycles. The highest BCUT2D eigenvalue weighted by molar-refractivity contribution is 5.98. The Morgan fingerprint density at radius 2 is 1.85 bits per heavy atom. The zero-order chi connectivity index (χ0) is 19.4. The molecule has 0 spiro atoms. The molecule has 144 valence electrons. The lowest BCUT2D eigenvalue weighted by Gasteiger charge is -2.41. The first-order valence-corrected chi connectivity index (χ1v) is 9.37. The number of carbonyl (C=O) groups excluding carboxylic acids is 1. The molecule has 1 N–H and O–H groups in total. The molecule has 5 heteroatoms. The van der Waals surface area contributed by atoms with E-state index in [1.54, 1.807) is 25.3 Å². The average Bonchev–Trinajstić information content (AvgIpc) is 2.72. The van der Waals surface area contributed by atoms with Gasteiger partial charge in [0.2, 0.25) is 0 Å². The molecule has 0 saturated carbocycles. The highest BCUT2D eigenvalue weighted by Crippen LogP contribution is 2.43. The van der Waals surface area contributed by atoms with Crippen molar-refractivity contribution in [1.82, 2.24) is 5.32 Å². The van der Waals surface area contributed by atoms with E-state index < -0.39 is 0 Å². The van der Waals surface area contributed by atoms with E-state index in [1.807, 2.05) is 24.3 Å². The summed E-state index contributed by atoms with van der Waals surface area (Å²) in [6.07, 6.45) is 2.49. The molecule has 0 aliphatic carbocycles. The topological polar surface area (TPSA) is 56.8 Å². The predicted octanol–water partition coefficient (Wildman–Crippen LogP) is 4.52. The van der Waals surface area contributed by atoms with Gasteiger partial charge in [0.25, 0.3) is 5.91 Å². The maximum Gasteiger partial charge on any atom is 0.255 e. The minimum Gasteiger partial charge on any atom is -0.493 e. The molecule has 1 aliphatic heterocycles. The molecule has 0 radical (unpaired) electrons. The molecule has 2 aromatic rings. The van der Waals surface area contributed by atoms with Crippen LogP contribution >= 0.6 is 0 Å². The van der Waals surface area contributed by atoms with E-state index in [4.69, 9.17) is 14.2 Å². The molecule has 5 nitrogen and oxygen atoms in total. The van der Waals surface area contributed by atoms with Crippen LogP contribution in [0.3, 0.4) is 0 Å². The summed E-state index contributed by atoms with van der Waals surface area (Å²) in [4.78, 5) is 13.1. The predicted molar refractivity (Wildman–Crippen MR) is 105 cm³/mol. The van der Waals surface area contributed by atoms with Crippen LogP contribution in [0.2, 0.25) is 0 Å². The van der Waals surface area contributed by atoms with Crippen molar-refractivity contribution in [3.8, 4) is 17.2 Å². The van der Waals surface area contributed by atoms with Gasteiger partial charge in [0.1, 0.15) is 11.4 Å². The Kier molecular flexibility index (Phi) is 5.59. The van der Waals surface area contributed by atoms with Gasteiger partial charge in [-0.25, -0.2) is 0 Å². The summed E-state index contributed by atoms with van der Waals surface area (Å²) in [5.74, 6) is 1.63. The summed E-state index contributed by atoms with van der Waals surface area (Å²) >= 11 is 0. The number of rotatable bonds is 6. The van der Waals surface area contributed by atoms with Crippen molar-refractivity contribution in [1.29, 1.82) is 0 Å². The van der Waals surface area contributed by atoms with E-state index in [2.05, 4.69) is 19.2 Å². The summed E-state index contributed by atoms with van der Waals surface area (Å²) in [6.45, 7) is 4.25. The maximum atomic E-state index is 13.1. The molecule has 0 saturated heterocycles. The zero-order valence-corrected chi connectivity index (χ0v) is 16.4. The number of hydrogen-bond acceptors (Lipinski definition) is 4. The Hall–Kier alpha value is -2.69. The quantitative estimate of drug-likeness (QED) is 0.814. The van der Waals surface area contributed by atoms with Gasteiger partial charge in [0, 0.05) is 12.0 Å². The molecule has 1 heterocycles. The van der Waals surface area contributed by atoms with Gasteiger partial charge in [-0.3, -0.25) is 4.79 Å². The number of benzene rings is 2. The number of hydrogen-bond donors (Lipinski definition) is 1. The summed E-state index contributed by atoms with van der Waals surface area (Å²) < 4.78 is 17.1. The highest BCUT2D eigenvalue weighted by atomic mass is 16.5. The monoisotopic (exact) mass is 369 g/mol. The minimum absolute atomic E-state index is 0.127. The van der Waals surface area contributed by atoms with Crippen molar-refractivity contribution in [2.24, 2.45) is 0 Å². The Bertz CT molecular complexity index is 814. The van der Waals surface area contributed by atoms with E-state index in [0.717, 1.165) is 30.6 Å². The highest BCUT2D eigenvalue weighted by Gasteiger charge is 2.39. The van der Waals surface area contributed by atoms with E-state index >= 15 is 0 Å². The van der Waals surface area contributed by atoms with Crippen LogP contribution in [-0.4, -0.2) is 25.7 Å². The molecular formula is C22H27NO4. The van der Waals surface area contributed by atoms with E-state index in [9.17, 15) is 4.79 Å². The largest absolute Gasteiger partial charge is 0.493 e. The first kappa shape index (κ1) is 19.1. The third kappa shape index (κ3) is 3.59. The Morgan fingerprint density at radius 1 is 1.11 bits per heavy atom. The SMILES string of the molecule is CCC1(CC)C[C@H](NC(=O)c2cccc(OC)c2OC)c2ccccc2O1. The van der Waals surface area contributed by atoms with Crippen molar-refractivity contribution in [3.05, 3.63) is 53.6 Å². The second-order valence-corrected chi connectivity index (χ2v) is 6.80. The van der Waals surface area contributed by atoms with E-state index in [-0.39, 0.29) is 17.6 Å². The lowest BCUT2D eigenvalue weighted by Crippen LogP contribution is -2.44. The number of ether oxygens (including phenoxy) is 3. The minimum atomic E-state index is -0.273. The number of carbonyl (C=O) groups is 1. The molecule has 1 aliphatic rings. The van der Waals surface area contributed by atoms with Crippen molar-refractivity contribution < 1.29 is 19.0 Å². The zero-order valence-electron chi connectivity index (χ0n) is 16.4. The third-order valence-electron chi connectivity index (χ3n) is 5.44. The lowest BCUT2D eigenvalue weighted by atomic mass is 9.83. The van der Waals surface area contributed by atoms with Crippen LogP contribution in [0.25, 0.3) is 0 Å². The van der Waals surface area contributed by atoms with E-state index in [0.29, 0.717) is 17.1 Å². The molecule has 2 aromatic carbocycles. The molecule has 0 unspecified atom stereocenters. The Morgan fingerprint density at radius 3 is 2.52 bits per heavy atom. The van der Waals surface area contributed by atoms with Crippen LogP contribution in [0.1, 0.15) is 55.1 Å². The smallest absolute Gasteiger partial charge is 0.255 e. The van der Waals surface area contributed by atoms with Gasteiger partial charge in [-0.2, -0.15) is 0 Å². The molecule has 0 bridgehead atoms. The van der Waals surface area contributed by atoms with Crippen molar-refractivity contribution in [3.63, 3.8) is 0 Å². The molecule has 3 rings (SSSR count). The van der Waals surface area contributed by atoms with Gasteiger partial charge in [-0.15, -0.1) is 0 Å². The Balaban J connectivity index is 1.94. The average molecular weight is 369 g/mol. The summed E-state index contributed by atoms with van der Waals surface area (Å²) in [5, 5.41) is 3.19. The number of methoxy groups -OCH3 is 2. The van der Waals surface area contributed by atoms with Crippen LogP contribution in [0.15, 0.2) is 42.5 Å². The molecule has 1 amide bonds. The first-order valence-electron chi connectivity index (χ1n) is 9.37. The van der Waals surface area contributed by atoms with Gasteiger partial charge >= 0.3 is 0 Å². The summed E-state index contributed by atoms with van der Waals surface area (Å²) in [6, 6.07) is 13.1. The molecule has 27 heavy (non-hydrogen) atoms. The number of fused-ring (bicyclic) bond motifs is 1. The van der Waals surface area contributed by atoms with Gasteiger partial charge in [-0.1, -0.05) is 38.1 Å². The van der Waals surface area contributed by atoms with Gasteiger partial charge < -0.3 is 19.5 Å². The number of amides is 1. The van der Waals surface area contributed by atoms with Crippen molar-refractivity contribution in [2.75, 3.05) is 14.2 Å². The van der Waals surface area contributed by atoms with Crippen molar-refractivity contribution in [2.45, 2.75) is 44.8 Å². The number of nitrogens with one attached hydrogen (secondary N) is 1. The van der Waals surface area contributed by atoms with Crippen LogP contribution in [0.4, 0.5) is 0 Å². The molecule has 0 fully saturated rings. The third-order valence-corrected chi connectivity index (χ3v) is 5.44. The van der Waals surface area contributed by atoms with Gasteiger partial charge in [-0.05, 0) is 31.0 Å². The fraction of sp³-hybridized carbons (Fsp3) is 0.409. The van der Waals surface area contributed by atoms with E-state index in [1.165, 1.54) is 7.11 Å². The first-order chi connectivity index (χ1) is 13.1. The van der Waals surface area contributed by atoms with Gasteiger partial charge in [0.05, 0.1) is 25.8 Å². The normalized spacial score (nSPS) is 17.4. The molecular weight excluding hydrogens is 342 g/mol. The summed E-state index contributed by atoms with van der Waals surface area (Å²) in [5.41, 5.74) is 1.19. The number of para-hydroxylation sites is 2. The second-order valence-electron chi connectivity index (χ2n) is 6.80. The van der Waals surface area contributed by atoms with Gasteiger partial charge in [0.15, 0.2) is 11.5 Å². The van der Waals surface area contributed by atoms with Crippen LogP contribution in [-0.2, 0) is 0 Å². The second kappa shape index (κ2) is 7.91. The van der Waals surface area contributed by atoms with Crippen LogP contribution < -0.4 is 19.5 Å². The lowest BCUT2D eigenvalue weighted by molar-refractivity contribution is 0.0227. The maximum absolute atomic E-state index is 13.1. The standard InChI is InChI=1S/C22H27NO4/c1-5-22(6-2)14-17(15-10-7-8-12-18(15)27-22)23-21(24)16-11-9-13-19(25-3)20(16)26-4/h7-13,17H,5-6,14H2,1-4H3,(H,23,24)/t17-/m0/s1.